The van der Waals surface area contributed by atoms with Crippen molar-refractivity contribution in [2.24, 2.45) is 0 Å². The lowest BCUT2D eigenvalue weighted by Crippen LogP contribution is -1.87. The minimum atomic E-state index is 0.887. The molecule has 3 nitrogen and oxygen atoms in total. The Bertz CT molecular complexity index is 484. The topological polar surface area (TPSA) is 35.0 Å². The van der Waals surface area contributed by atoms with Crippen LogP contribution >= 0.6 is 33.9 Å². The van der Waals surface area contributed by atoms with Crippen molar-refractivity contribution in [2.75, 3.05) is 7.11 Å². The van der Waals surface area contributed by atoms with E-state index in [4.69, 9.17) is 4.74 Å². The zero-order valence-electron chi connectivity index (χ0n) is 8.32. The molecule has 2 aromatic rings. The van der Waals surface area contributed by atoms with Gasteiger partial charge in [0.1, 0.15) is 10.8 Å². The summed E-state index contributed by atoms with van der Waals surface area (Å²) in [4.78, 5) is 0. The van der Waals surface area contributed by atoms with E-state index in [1.54, 1.807) is 18.4 Å². The van der Waals surface area contributed by atoms with Gasteiger partial charge in [-0.2, -0.15) is 0 Å². The van der Waals surface area contributed by atoms with Crippen molar-refractivity contribution in [3.05, 3.63) is 26.8 Å². The number of hydrogen-bond donors (Lipinski definition) is 0. The summed E-state index contributed by atoms with van der Waals surface area (Å²) in [7, 11) is 1.68. The smallest absolute Gasteiger partial charge is 0.178 e. The predicted molar refractivity (Wildman–Crippen MR) is 69.4 cm³/mol. The van der Waals surface area contributed by atoms with Crippen LogP contribution in [0.3, 0.4) is 0 Å². The molecule has 78 valence electrons. The Hall–Kier alpha value is -0.690. The Kier molecular flexibility index (Phi) is 3.20. The largest absolute Gasteiger partial charge is 0.496 e. The van der Waals surface area contributed by atoms with Crippen molar-refractivity contribution in [3.8, 4) is 16.3 Å². The Morgan fingerprint density at radius 2 is 2.13 bits per heavy atom. The van der Waals surface area contributed by atoms with Crippen LogP contribution in [0.4, 0.5) is 0 Å². The number of aromatic nitrogens is 2. The number of ether oxygens (including phenoxy) is 1. The lowest BCUT2D eigenvalue weighted by molar-refractivity contribution is 0.412. The number of halogens is 1. The molecule has 0 aliphatic heterocycles. The van der Waals surface area contributed by atoms with Gasteiger partial charge in [0.05, 0.1) is 7.11 Å². The molecule has 1 heterocycles. The highest BCUT2D eigenvalue weighted by Gasteiger charge is 2.07. The number of aryl methyl sites for hydroxylation is 1. The first kappa shape index (κ1) is 10.8. The zero-order chi connectivity index (χ0) is 10.8. The van der Waals surface area contributed by atoms with Gasteiger partial charge in [0.15, 0.2) is 3.01 Å². The molecule has 0 saturated heterocycles. The van der Waals surface area contributed by atoms with E-state index >= 15 is 0 Å². The van der Waals surface area contributed by atoms with Gasteiger partial charge in [0.2, 0.25) is 0 Å². The molecule has 0 aliphatic rings. The third-order valence-electron chi connectivity index (χ3n) is 2.06. The SMILES string of the molecule is COc1cc(-c2nnc(I)s2)ccc1C. The summed E-state index contributed by atoms with van der Waals surface area (Å²) in [6, 6.07) is 6.06. The summed E-state index contributed by atoms with van der Waals surface area (Å²) >= 11 is 3.74. The first-order chi connectivity index (χ1) is 7.20. The first-order valence-electron chi connectivity index (χ1n) is 4.34. The minimum absolute atomic E-state index is 0.887. The third-order valence-corrected chi connectivity index (χ3v) is 3.69. The van der Waals surface area contributed by atoms with Gasteiger partial charge in [-0.25, -0.2) is 0 Å². The van der Waals surface area contributed by atoms with Crippen molar-refractivity contribution in [1.29, 1.82) is 0 Å². The van der Waals surface area contributed by atoms with Gasteiger partial charge in [0, 0.05) is 5.56 Å². The molecule has 0 atom stereocenters. The maximum atomic E-state index is 5.27. The molecule has 0 bridgehead atoms. The second-order valence-electron chi connectivity index (χ2n) is 3.04. The van der Waals surface area contributed by atoms with Gasteiger partial charge in [0.25, 0.3) is 0 Å². The molecule has 0 spiro atoms. The van der Waals surface area contributed by atoms with Crippen LogP contribution < -0.4 is 4.74 Å². The average Bonchev–Trinajstić information content (AvgIpc) is 2.66. The number of methoxy groups -OCH3 is 1. The summed E-state index contributed by atoms with van der Waals surface area (Å²) in [6.45, 7) is 2.02. The van der Waals surface area contributed by atoms with E-state index in [0.29, 0.717) is 0 Å². The van der Waals surface area contributed by atoms with Crippen LogP contribution in [0.1, 0.15) is 5.56 Å². The van der Waals surface area contributed by atoms with Gasteiger partial charge >= 0.3 is 0 Å². The van der Waals surface area contributed by atoms with Crippen molar-refractivity contribution in [1.82, 2.24) is 10.2 Å². The molecule has 0 saturated carbocycles. The number of hydrogen-bond acceptors (Lipinski definition) is 4. The number of nitrogens with zero attached hydrogens (tertiary/aromatic N) is 2. The Balaban J connectivity index is 2.45. The molecule has 0 aliphatic carbocycles. The van der Waals surface area contributed by atoms with Crippen molar-refractivity contribution >= 4 is 33.9 Å². The summed E-state index contributed by atoms with van der Waals surface area (Å²) < 4.78 is 6.21. The molecule has 0 unspecified atom stereocenters. The lowest BCUT2D eigenvalue weighted by Gasteiger charge is -2.05. The average molecular weight is 332 g/mol. The van der Waals surface area contributed by atoms with Gasteiger partial charge in [-0.3, -0.25) is 0 Å². The van der Waals surface area contributed by atoms with E-state index in [0.717, 1.165) is 24.9 Å². The summed E-state index contributed by atoms with van der Waals surface area (Å²) in [5.74, 6) is 0.887. The van der Waals surface area contributed by atoms with Crippen molar-refractivity contribution in [3.63, 3.8) is 0 Å². The molecule has 0 N–H and O–H groups in total. The second-order valence-corrected chi connectivity index (χ2v) is 5.78. The van der Waals surface area contributed by atoms with Gasteiger partial charge in [-0.1, -0.05) is 23.5 Å². The fourth-order valence-corrected chi connectivity index (χ4v) is 2.58. The molecule has 0 radical (unpaired) electrons. The normalized spacial score (nSPS) is 10.3. The second kappa shape index (κ2) is 4.44. The summed E-state index contributed by atoms with van der Waals surface area (Å²) in [5, 5.41) is 9.01. The maximum Gasteiger partial charge on any atom is 0.178 e. The van der Waals surface area contributed by atoms with Gasteiger partial charge < -0.3 is 4.74 Å². The quantitative estimate of drug-likeness (QED) is 0.793. The third kappa shape index (κ3) is 2.28. The minimum Gasteiger partial charge on any atom is -0.496 e. The standard InChI is InChI=1S/C10H9IN2OS/c1-6-3-4-7(5-8(6)14-2)9-12-13-10(11)15-9/h3-5H,1-2H3. The highest BCUT2D eigenvalue weighted by atomic mass is 127. The molecule has 2 rings (SSSR count). The monoisotopic (exact) mass is 332 g/mol. The molecular formula is C10H9IN2OS. The van der Waals surface area contributed by atoms with Gasteiger partial charge in [-0.15, -0.1) is 10.2 Å². The number of rotatable bonds is 2. The van der Waals surface area contributed by atoms with Crippen molar-refractivity contribution in [2.45, 2.75) is 6.92 Å². The Labute approximate surface area is 106 Å². The lowest BCUT2D eigenvalue weighted by atomic mass is 10.1. The van der Waals surface area contributed by atoms with Crippen LogP contribution in [0.25, 0.3) is 10.6 Å². The van der Waals surface area contributed by atoms with Crippen molar-refractivity contribution < 1.29 is 4.74 Å². The molecule has 15 heavy (non-hydrogen) atoms. The molecule has 1 aromatic heterocycles. The zero-order valence-corrected chi connectivity index (χ0v) is 11.3. The Morgan fingerprint density at radius 3 is 2.73 bits per heavy atom. The predicted octanol–water partition coefficient (Wildman–Crippen LogP) is 3.13. The fraction of sp³-hybridized carbons (Fsp3) is 0.200. The van der Waals surface area contributed by atoms with E-state index in [-0.39, 0.29) is 0 Å². The summed E-state index contributed by atoms with van der Waals surface area (Å²) in [5.41, 5.74) is 2.18. The summed E-state index contributed by atoms with van der Waals surface area (Å²) in [6.07, 6.45) is 0. The van der Waals surface area contributed by atoms with Crippen LogP contribution in [0.2, 0.25) is 0 Å². The Morgan fingerprint density at radius 1 is 1.33 bits per heavy atom. The molecule has 0 fully saturated rings. The van der Waals surface area contributed by atoms with Crippen LogP contribution in [-0.4, -0.2) is 17.3 Å². The molecule has 1 aromatic carbocycles. The first-order valence-corrected chi connectivity index (χ1v) is 6.24. The highest BCUT2D eigenvalue weighted by Crippen LogP contribution is 2.29. The van der Waals surface area contributed by atoms with E-state index < -0.39 is 0 Å². The number of benzene rings is 1. The van der Waals surface area contributed by atoms with E-state index in [9.17, 15) is 0 Å². The maximum absolute atomic E-state index is 5.27. The highest BCUT2D eigenvalue weighted by molar-refractivity contribution is 14.1. The molecule has 5 heteroatoms. The van der Waals surface area contributed by atoms with Crippen LogP contribution in [0.5, 0.6) is 5.75 Å². The van der Waals surface area contributed by atoms with Crippen LogP contribution in [0.15, 0.2) is 18.2 Å². The van der Waals surface area contributed by atoms with Crippen LogP contribution in [0, 0.1) is 9.94 Å². The fourth-order valence-electron chi connectivity index (χ4n) is 1.28. The van der Waals surface area contributed by atoms with E-state index in [2.05, 4.69) is 32.8 Å². The van der Waals surface area contributed by atoms with Gasteiger partial charge in [-0.05, 0) is 41.1 Å². The van der Waals surface area contributed by atoms with E-state index in [1.165, 1.54) is 0 Å². The van der Waals surface area contributed by atoms with Crippen LogP contribution in [-0.2, 0) is 0 Å². The van der Waals surface area contributed by atoms with E-state index in [1.807, 2.05) is 25.1 Å². The molecule has 0 amide bonds. The molecular weight excluding hydrogens is 323 g/mol.